The van der Waals surface area contributed by atoms with Crippen molar-refractivity contribution in [1.82, 2.24) is 15.5 Å². The highest BCUT2D eigenvalue weighted by atomic mass is 35.5. The van der Waals surface area contributed by atoms with Gasteiger partial charge in [0.1, 0.15) is 5.37 Å². The molecule has 0 spiro atoms. The summed E-state index contributed by atoms with van der Waals surface area (Å²) in [5.41, 5.74) is 1.73. The third kappa shape index (κ3) is 9.92. The van der Waals surface area contributed by atoms with E-state index in [1.165, 1.54) is 33.1 Å². The molecular weight excluding hydrogens is 639 g/mol. The highest BCUT2D eigenvalue weighted by Crippen LogP contribution is 2.40. The van der Waals surface area contributed by atoms with Crippen molar-refractivity contribution in [3.63, 3.8) is 0 Å². The molecule has 10 nitrogen and oxygen atoms in total. The second kappa shape index (κ2) is 16.8. The minimum absolute atomic E-state index is 0. The molecule has 3 atom stereocenters. The number of nitrogens with one attached hydrogen (secondary N) is 3. The molecule has 2 heterocycles. The average Bonchev–Trinajstić information content (AvgIpc) is 3.38. The number of anilines is 1. The summed E-state index contributed by atoms with van der Waals surface area (Å²) in [5.74, 6) is 1.76. The van der Waals surface area contributed by atoms with E-state index in [2.05, 4.69) is 33.0 Å². The predicted molar refractivity (Wildman–Crippen MR) is 176 cm³/mol. The minimum atomic E-state index is -3.34. The zero-order valence-corrected chi connectivity index (χ0v) is 28.1. The van der Waals surface area contributed by atoms with Crippen molar-refractivity contribution in [2.24, 2.45) is 11.8 Å². The molecule has 2 saturated heterocycles. The lowest BCUT2D eigenvalue weighted by molar-refractivity contribution is 0.151. The lowest BCUT2D eigenvalue weighted by Gasteiger charge is -2.38. The molecule has 2 fully saturated rings. The molecule has 2 aromatic carbocycles. The van der Waals surface area contributed by atoms with Gasteiger partial charge in [-0.2, -0.15) is 0 Å². The molecule has 14 heteroatoms. The largest absolute Gasteiger partial charge is 0.493 e. The van der Waals surface area contributed by atoms with Crippen molar-refractivity contribution in [2.45, 2.75) is 37.1 Å². The maximum Gasteiger partial charge on any atom is 0.319 e. The Morgan fingerprint density at radius 3 is 2.16 bits per heavy atom. The molecule has 2 aliphatic rings. The number of hydrogen-bond acceptors (Lipinski definition) is 8. The third-order valence-electron chi connectivity index (χ3n) is 8.07. The molecule has 4 rings (SSSR count). The van der Waals surface area contributed by atoms with Crippen LogP contribution in [0, 0.1) is 11.8 Å². The monoisotopic (exact) mass is 680 g/mol. The fourth-order valence-electron chi connectivity index (χ4n) is 5.89. The molecule has 0 aliphatic carbocycles. The molecule has 242 valence electrons. The summed E-state index contributed by atoms with van der Waals surface area (Å²) in [6.45, 7) is 2.66. The van der Waals surface area contributed by atoms with Gasteiger partial charge in [-0.25, -0.2) is 13.2 Å². The van der Waals surface area contributed by atoms with E-state index in [1.807, 2.05) is 12.1 Å². The minimum Gasteiger partial charge on any atom is -0.493 e. The van der Waals surface area contributed by atoms with Gasteiger partial charge in [-0.3, -0.25) is 4.90 Å². The Morgan fingerprint density at radius 1 is 1.02 bits per heavy atom. The Kier molecular flexibility index (Phi) is 14.5. The molecule has 2 aliphatic heterocycles. The van der Waals surface area contributed by atoms with E-state index in [1.54, 1.807) is 12.1 Å². The van der Waals surface area contributed by atoms with Crippen molar-refractivity contribution in [1.29, 1.82) is 0 Å². The zero-order chi connectivity index (χ0) is 29.6. The molecule has 2 amide bonds. The van der Waals surface area contributed by atoms with E-state index in [-0.39, 0.29) is 36.8 Å². The van der Waals surface area contributed by atoms with Crippen LogP contribution in [0.5, 0.6) is 17.2 Å². The first-order valence-corrected chi connectivity index (χ1v) is 16.2. The number of benzene rings is 2. The first-order valence-electron chi connectivity index (χ1n) is 13.9. The van der Waals surface area contributed by atoms with Gasteiger partial charge in [0.2, 0.25) is 5.75 Å². The van der Waals surface area contributed by atoms with Crippen molar-refractivity contribution >= 4 is 58.0 Å². The normalized spacial score (nSPS) is 19.8. The summed E-state index contributed by atoms with van der Waals surface area (Å²) >= 11 is 6.02. The molecule has 0 saturated carbocycles. The number of piperidine rings is 1. The van der Waals surface area contributed by atoms with Crippen LogP contribution in [0.15, 0.2) is 36.4 Å². The second-order valence-electron chi connectivity index (χ2n) is 10.9. The summed E-state index contributed by atoms with van der Waals surface area (Å²) in [5, 5.41) is 9.32. The third-order valence-corrected chi connectivity index (χ3v) is 9.80. The number of ether oxygens (including phenoxy) is 3. The summed E-state index contributed by atoms with van der Waals surface area (Å²) in [4.78, 5) is 15.1. The van der Waals surface area contributed by atoms with Gasteiger partial charge < -0.3 is 30.2 Å². The van der Waals surface area contributed by atoms with Gasteiger partial charge in [0.25, 0.3) is 0 Å². The zero-order valence-electron chi connectivity index (χ0n) is 24.9. The van der Waals surface area contributed by atoms with Crippen LogP contribution < -0.4 is 30.2 Å². The Bertz CT molecular complexity index is 1270. The molecule has 3 N–H and O–H groups in total. The highest BCUT2D eigenvalue weighted by molar-refractivity contribution is 7.91. The number of amides is 2. The van der Waals surface area contributed by atoms with Gasteiger partial charge in [-0.15, -0.1) is 24.8 Å². The Balaban J connectivity index is 0.00000323. The SMILES string of the molecule is COc1cc(NC(=O)NC2CNCC2CC(N2CCC(Cc3ccc(Cl)cc3)CC2)S(C)(=O)=O)cc(OC)c1OC.Cl.Cl. The Hall–Kier alpha value is -2.15. The van der Waals surface area contributed by atoms with E-state index in [0.29, 0.717) is 48.4 Å². The van der Waals surface area contributed by atoms with E-state index in [9.17, 15) is 13.2 Å². The van der Waals surface area contributed by atoms with Crippen LogP contribution in [0.3, 0.4) is 0 Å². The van der Waals surface area contributed by atoms with Crippen LogP contribution in [0.4, 0.5) is 10.5 Å². The lowest BCUT2D eigenvalue weighted by Crippen LogP contribution is -2.49. The van der Waals surface area contributed by atoms with Gasteiger partial charge in [0, 0.05) is 42.5 Å². The first-order chi connectivity index (χ1) is 19.6. The van der Waals surface area contributed by atoms with Crippen LogP contribution >= 0.6 is 36.4 Å². The Labute approximate surface area is 272 Å². The maximum absolute atomic E-state index is 13.0. The van der Waals surface area contributed by atoms with Crippen molar-refractivity contribution in [3.05, 3.63) is 47.0 Å². The highest BCUT2D eigenvalue weighted by Gasteiger charge is 2.37. The lowest BCUT2D eigenvalue weighted by atomic mass is 9.89. The van der Waals surface area contributed by atoms with Gasteiger partial charge in [0.05, 0.1) is 27.0 Å². The number of likely N-dealkylation sites (tertiary alicyclic amines) is 1. The van der Waals surface area contributed by atoms with Gasteiger partial charge in [-0.1, -0.05) is 23.7 Å². The smallest absolute Gasteiger partial charge is 0.319 e. The van der Waals surface area contributed by atoms with Crippen molar-refractivity contribution in [2.75, 3.05) is 59.1 Å². The van der Waals surface area contributed by atoms with E-state index < -0.39 is 21.2 Å². The molecule has 0 bridgehead atoms. The summed E-state index contributed by atoms with van der Waals surface area (Å²) in [6, 6.07) is 10.6. The summed E-state index contributed by atoms with van der Waals surface area (Å²) in [6.07, 6.45) is 4.61. The number of carbonyl (C=O) groups is 1. The fourth-order valence-corrected chi connectivity index (χ4v) is 7.37. The maximum atomic E-state index is 13.0. The Morgan fingerprint density at radius 2 is 1.63 bits per heavy atom. The summed E-state index contributed by atoms with van der Waals surface area (Å²) in [7, 11) is 1.19. The van der Waals surface area contributed by atoms with Crippen molar-refractivity contribution < 1.29 is 27.4 Å². The van der Waals surface area contributed by atoms with E-state index >= 15 is 0 Å². The van der Waals surface area contributed by atoms with Gasteiger partial charge >= 0.3 is 6.03 Å². The average molecular weight is 682 g/mol. The van der Waals surface area contributed by atoms with Crippen molar-refractivity contribution in [3.8, 4) is 17.2 Å². The first kappa shape index (κ1) is 37.0. The number of methoxy groups -OCH3 is 3. The summed E-state index contributed by atoms with van der Waals surface area (Å²) < 4.78 is 42.0. The number of carbonyl (C=O) groups excluding carboxylic acids is 1. The van der Waals surface area contributed by atoms with Gasteiger partial charge in [0.15, 0.2) is 21.3 Å². The van der Waals surface area contributed by atoms with Crippen LogP contribution in [0.1, 0.15) is 24.8 Å². The van der Waals surface area contributed by atoms with E-state index in [4.69, 9.17) is 25.8 Å². The predicted octanol–water partition coefficient (Wildman–Crippen LogP) is 4.63. The van der Waals surface area contributed by atoms with Crippen LogP contribution in [0.25, 0.3) is 0 Å². The number of rotatable bonds is 11. The van der Waals surface area contributed by atoms with E-state index in [0.717, 1.165) is 37.4 Å². The molecule has 43 heavy (non-hydrogen) atoms. The topological polar surface area (TPSA) is 118 Å². The molecular formula is C29H43Cl3N4O6S. The van der Waals surface area contributed by atoms with Crippen LogP contribution in [-0.2, 0) is 16.3 Å². The molecule has 0 radical (unpaired) electrons. The quantitative estimate of drug-likeness (QED) is 0.314. The molecule has 3 unspecified atom stereocenters. The molecule has 2 aromatic rings. The second-order valence-corrected chi connectivity index (χ2v) is 13.5. The fraction of sp³-hybridized carbons (Fsp3) is 0.552. The number of hydrogen-bond donors (Lipinski definition) is 3. The number of urea groups is 1. The molecule has 0 aromatic heterocycles. The number of sulfone groups is 1. The number of nitrogens with zero attached hydrogens (tertiary/aromatic N) is 1. The standard InChI is InChI=1S/C29H41ClN4O6S.2ClH/c1-38-25-15-23(16-26(39-2)28(25)40-3)32-29(35)33-24-18-31-17-21(24)14-27(41(4,36)37)34-11-9-20(10-12-34)13-19-5-7-22(30)8-6-19;;/h5-8,15-16,20-21,24,27,31H,9-14,17-18H2,1-4H3,(H2,32,33,35);2*1H. The number of halogens is 3. The van der Waals surface area contributed by atoms with Gasteiger partial charge in [-0.05, 0) is 68.3 Å². The van der Waals surface area contributed by atoms with Crippen LogP contribution in [0.2, 0.25) is 5.02 Å². The van der Waals surface area contributed by atoms with Crippen LogP contribution in [-0.4, -0.2) is 84.5 Å².